The molecule has 2 aromatic rings. The summed E-state index contributed by atoms with van der Waals surface area (Å²) < 4.78 is 1.48. The molecular formula is C13H12Cl2N2O. The van der Waals surface area contributed by atoms with Crippen LogP contribution in [-0.4, -0.2) is 15.4 Å². The van der Waals surface area contributed by atoms with Gasteiger partial charge in [0.1, 0.15) is 11.5 Å². The smallest absolute Gasteiger partial charge is 0.262 e. The first-order chi connectivity index (χ1) is 8.63. The molecule has 0 N–H and O–H groups in total. The zero-order valence-electron chi connectivity index (χ0n) is 9.86. The van der Waals surface area contributed by atoms with Gasteiger partial charge in [-0.25, -0.2) is 4.98 Å². The molecule has 1 aromatic heterocycles. The van der Waals surface area contributed by atoms with E-state index in [0.29, 0.717) is 17.9 Å². The summed E-state index contributed by atoms with van der Waals surface area (Å²) in [5, 5.41) is 0.226. The molecule has 0 aliphatic heterocycles. The van der Waals surface area contributed by atoms with Crippen LogP contribution in [0.3, 0.4) is 0 Å². The van der Waals surface area contributed by atoms with Gasteiger partial charge in [0.2, 0.25) is 0 Å². The molecular weight excluding hydrogens is 271 g/mol. The van der Waals surface area contributed by atoms with E-state index in [0.717, 1.165) is 11.3 Å². The van der Waals surface area contributed by atoms with Crippen molar-refractivity contribution in [1.29, 1.82) is 0 Å². The maximum Gasteiger partial charge on any atom is 0.262 e. The molecule has 0 atom stereocenters. The van der Waals surface area contributed by atoms with Crippen LogP contribution in [0.5, 0.6) is 0 Å². The zero-order valence-corrected chi connectivity index (χ0v) is 11.4. The first kappa shape index (κ1) is 13.1. The minimum atomic E-state index is -0.167. The van der Waals surface area contributed by atoms with E-state index < -0.39 is 0 Å². The van der Waals surface area contributed by atoms with Crippen molar-refractivity contribution in [1.82, 2.24) is 9.55 Å². The van der Waals surface area contributed by atoms with E-state index in [1.54, 1.807) is 0 Å². The largest absolute Gasteiger partial charge is 0.269 e. The van der Waals surface area contributed by atoms with Gasteiger partial charge in [-0.3, -0.25) is 9.36 Å². The van der Waals surface area contributed by atoms with Crippen LogP contribution >= 0.6 is 23.2 Å². The Morgan fingerprint density at radius 3 is 2.56 bits per heavy atom. The molecule has 0 bridgehead atoms. The van der Waals surface area contributed by atoms with Gasteiger partial charge in [-0.2, -0.15) is 0 Å². The van der Waals surface area contributed by atoms with E-state index in [2.05, 4.69) is 4.98 Å². The summed E-state index contributed by atoms with van der Waals surface area (Å²) in [4.78, 5) is 16.3. The SMILES string of the molecule is Cc1ccc(-n2cnc(Cl)c(CCCl)c2=O)cc1. The van der Waals surface area contributed by atoms with Gasteiger partial charge in [0, 0.05) is 5.88 Å². The molecule has 0 aliphatic rings. The summed E-state index contributed by atoms with van der Waals surface area (Å²) in [5.74, 6) is 0.342. The lowest BCUT2D eigenvalue weighted by atomic mass is 10.2. The highest BCUT2D eigenvalue weighted by atomic mass is 35.5. The van der Waals surface area contributed by atoms with Crippen LogP contribution in [0.25, 0.3) is 5.69 Å². The van der Waals surface area contributed by atoms with Crippen molar-refractivity contribution < 1.29 is 0 Å². The molecule has 5 heteroatoms. The predicted molar refractivity (Wildman–Crippen MR) is 74.0 cm³/mol. The molecule has 0 saturated heterocycles. The summed E-state index contributed by atoms with van der Waals surface area (Å²) in [6.45, 7) is 1.99. The lowest BCUT2D eigenvalue weighted by Gasteiger charge is -2.08. The highest BCUT2D eigenvalue weighted by Crippen LogP contribution is 2.12. The third-order valence-electron chi connectivity index (χ3n) is 2.67. The molecule has 94 valence electrons. The number of halogens is 2. The first-order valence-corrected chi connectivity index (χ1v) is 6.43. The third-order valence-corrected chi connectivity index (χ3v) is 3.18. The standard InChI is InChI=1S/C13H12Cl2N2O/c1-9-2-4-10(5-3-9)17-8-16-12(15)11(6-7-14)13(17)18/h2-5,8H,6-7H2,1H3. The molecule has 0 unspecified atom stereocenters. The Morgan fingerprint density at radius 2 is 1.94 bits per heavy atom. The number of hydrogen-bond acceptors (Lipinski definition) is 2. The van der Waals surface area contributed by atoms with Gasteiger partial charge >= 0.3 is 0 Å². The Bertz CT molecular complexity index is 605. The van der Waals surface area contributed by atoms with Crippen molar-refractivity contribution >= 4 is 23.2 Å². The minimum absolute atomic E-state index is 0.167. The molecule has 1 aromatic carbocycles. The molecule has 3 nitrogen and oxygen atoms in total. The van der Waals surface area contributed by atoms with E-state index in [1.165, 1.54) is 10.9 Å². The average molecular weight is 283 g/mol. The van der Waals surface area contributed by atoms with Crippen LogP contribution in [0.4, 0.5) is 0 Å². The summed E-state index contributed by atoms with van der Waals surface area (Å²) in [6.07, 6.45) is 1.85. The fourth-order valence-electron chi connectivity index (χ4n) is 1.67. The second-order valence-electron chi connectivity index (χ2n) is 3.96. The molecule has 0 radical (unpaired) electrons. The molecule has 0 fully saturated rings. The van der Waals surface area contributed by atoms with Crippen molar-refractivity contribution in [3.05, 3.63) is 57.2 Å². The van der Waals surface area contributed by atoms with Gasteiger partial charge in [-0.1, -0.05) is 29.3 Å². The third kappa shape index (κ3) is 2.57. The highest BCUT2D eigenvalue weighted by Gasteiger charge is 2.10. The lowest BCUT2D eigenvalue weighted by molar-refractivity contribution is 0.891. The Hall–Kier alpha value is -1.32. The van der Waals surface area contributed by atoms with E-state index in [4.69, 9.17) is 23.2 Å². The second kappa shape index (κ2) is 5.55. The predicted octanol–water partition coefficient (Wildman–Crippen LogP) is 2.98. The number of aromatic nitrogens is 2. The maximum absolute atomic E-state index is 12.2. The van der Waals surface area contributed by atoms with Crippen LogP contribution in [0.1, 0.15) is 11.1 Å². The van der Waals surface area contributed by atoms with E-state index in [1.807, 2.05) is 31.2 Å². The summed E-state index contributed by atoms with van der Waals surface area (Å²) >= 11 is 11.6. The normalized spacial score (nSPS) is 10.6. The number of alkyl halides is 1. The monoisotopic (exact) mass is 282 g/mol. The second-order valence-corrected chi connectivity index (χ2v) is 4.70. The summed E-state index contributed by atoms with van der Waals surface area (Å²) in [5.41, 5.74) is 2.19. The maximum atomic E-state index is 12.2. The Balaban J connectivity index is 2.55. The molecule has 0 aliphatic carbocycles. The fraction of sp³-hybridized carbons (Fsp3) is 0.231. The van der Waals surface area contributed by atoms with Crippen molar-refractivity contribution in [2.75, 3.05) is 5.88 Å². The Kier molecular flexibility index (Phi) is 4.04. The molecule has 0 amide bonds. The molecule has 2 rings (SSSR count). The van der Waals surface area contributed by atoms with Gasteiger partial charge in [-0.15, -0.1) is 11.6 Å². The highest BCUT2D eigenvalue weighted by molar-refractivity contribution is 6.30. The van der Waals surface area contributed by atoms with Gasteiger partial charge in [-0.05, 0) is 25.5 Å². The van der Waals surface area contributed by atoms with E-state index >= 15 is 0 Å². The average Bonchev–Trinajstić information content (AvgIpc) is 2.36. The van der Waals surface area contributed by atoms with Crippen LogP contribution in [0.2, 0.25) is 5.15 Å². The number of rotatable bonds is 3. The van der Waals surface area contributed by atoms with Crippen LogP contribution < -0.4 is 5.56 Å². The number of aryl methyl sites for hydroxylation is 1. The molecule has 1 heterocycles. The van der Waals surface area contributed by atoms with Gasteiger partial charge < -0.3 is 0 Å². The van der Waals surface area contributed by atoms with Crippen LogP contribution in [0, 0.1) is 6.92 Å². The zero-order chi connectivity index (χ0) is 13.1. The van der Waals surface area contributed by atoms with Crippen molar-refractivity contribution in [2.45, 2.75) is 13.3 Å². The lowest BCUT2D eigenvalue weighted by Crippen LogP contribution is -2.23. The van der Waals surface area contributed by atoms with E-state index in [9.17, 15) is 4.79 Å². The molecule has 18 heavy (non-hydrogen) atoms. The molecule has 0 saturated carbocycles. The van der Waals surface area contributed by atoms with Crippen LogP contribution in [-0.2, 0) is 6.42 Å². The van der Waals surface area contributed by atoms with Gasteiger partial charge in [0.05, 0.1) is 11.3 Å². The van der Waals surface area contributed by atoms with Crippen LogP contribution in [0.15, 0.2) is 35.4 Å². The fourth-order valence-corrected chi connectivity index (χ4v) is 2.07. The summed E-state index contributed by atoms with van der Waals surface area (Å²) in [6, 6.07) is 7.63. The Morgan fingerprint density at radius 1 is 1.28 bits per heavy atom. The number of nitrogens with zero attached hydrogens (tertiary/aromatic N) is 2. The van der Waals surface area contributed by atoms with Crippen molar-refractivity contribution in [2.24, 2.45) is 0 Å². The van der Waals surface area contributed by atoms with E-state index in [-0.39, 0.29) is 10.7 Å². The van der Waals surface area contributed by atoms with Crippen molar-refractivity contribution in [3.8, 4) is 5.69 Å². The first-order valence-electron chi connectivity index (χ1n) is 5.52. The number of benzene rings is 1. The van der Waals surface area contributed by atoms with Gasteiger partial charge in [0.25, 0.3) is 5.56 Å². The Labute approximate surface area is 115 Å². The molecule has 0 spiro atoms. The quantitative estimate of drug-likeness (QED) is 0.641. The number of hydrogen-bond donors (Lipinski definition) is 0. The van der Waals surface area contributed by atoms with Gasteiger partial charge in [0.15, 0.2) is 0 Å². The topological polar surface area (TPSA) is 34.9 Å². The summed E-state index contributed by atoms with van der Waals surface area (Å²) in [7, 11) is 0. The minimum Gasteiger partial charge on any atom is -0.269 e. The van der Waals surface area contributed by atoms with Crippen molar-refractivity contribution in [3.63, 3.8) is 0 Å².